The molecule has 1 unspecified atom stereocenters. The average Bonchev–Trinajstić information content (AvgIpc) is 3.25. The third-order valence-electron chi connectivity index (χ3n) is 5.41. The summed E-state index contributed by atoms with van der Waals surface area (Å²) >= 11 is 11.8. The maximum Gasteiger partial charge on any atom is 0.319 e. The molecule has 0 saturated heterocycles. The van der Waals surface area contributed by atoms with Gasteiger partial charge in [0.15, 0.2) is 0 Å². The molecule has 1 aliphatic rings. The van der Waals surface area contributed by atoms with Gasteiger partial charge in [-0.25, -0.2) is 10.3 Å². The van der Waals surface area contributed by atoms with Gasteiger partial charge in [-0.15, -0.1) is 0 Å². The summed E-state index contributed by atoms with van der Waals surface area (Å²) in [5.74, 6) is -0.359. The van der Waals surface area contributed by atoms with Crippen molar-refractivity contribution in [2.45, 2.75) is 45.4 Å². The highest BCUT2D eigenvalue weighted by molar-refractivity contribution is 6.42. The number of benzene rings is 1. The van der Waals surface area contributed by atoms with Crippen LogP contribution in [0, 0.1) is 11.8 Å². The van der Waals surface area contributed by atoms with E-state index in [1.54, 1.807) is 23.7 Å². The van der Waals surface area contributed by atoms with Gasteiger partial charge < -0.3 is 15.5 Å². The summed E-state index contributed by atoms with van der Waals surface area (Å²) in [7, 11) is 0. The van der Waals surface area contributed by atoms with Crippen LogP contribution in [-0.4, -0.2) is 47.6 Å². The Bertz CT molecular complexity index is 772. The van der Waals surface area contributed by atoms with Gasteiger partial charge in [0.25, 0.3) is 5.91 Å². The lowest BCUT2D eigenvalue weighted by Crippen LogP contribution is -2.42. The number of hydrogen-bond donors (Lipinski definition) is 4. The van der Waals surface area contributed by atoms with Crippen LogP contribution >= 0.6 is 23.2 Å². The summed E-state index contributed by atoms with van der Waals surface area (Å²) in [5.41, 5.74) is 2.09. The minimum atomic E-state index is -0.619. The van der Waals surface area contributed by atoms with Crippen molar-refractivity contribution in [3.8, 4) is 0 Å². The Morgan fingerprint density at radius 1 is 1.19 bits per heavy atom. The topological polar surface area (TPSA) is 111 Å². The molecule has 0 aliphatic heterocycles. The number of halogens is 2. The first kappa shape index (κ1) is 25.2. The molecule has 0 spiro atoms. The van der Waals surface area contributed by atoms with Crippen LogP contribution in [0.15, 0.2) is 18.2 Å². The van der Waals surface area contributed by atoms with Crippen LogP contribution < -0.4 is 16.1 Å². The number of carbonyl (C=O) groups is 3. The molecular formula is C21H30Cl2N4O4. The molecule has 4 amide bonds. The molecule has 1 fully saturated rings. The number of anilines is 1. The largest absolute Gasteiger partial charge is 0.338 e. The Morgan fingerprint density at radius 2 is 1.90 bits per heavy atom. The molecule has 0 bridgehead atoms. The molecule has 2 rings (SSSR count). The lowest BCUT2D eigenvalue weighted by Gasteiger charge is -2.25. The van der Waals surface area contributed by atoms with E-state index in [0.29, 0.717) is 28.2 Å². The molecule has 31 heavy (non-hydrogen) atoms. The van der Waals surface area contributed by atoms with Crippen molar-refractivity contribution in [1.82, 2.24) is 15.7 Å². The zero-order valence-electron chi connectivity index (χ0n) is 17.6. The van der Waals surface area contributed by atoms with E-state index in [1.165, 1.54) is 17.7 Å². The number of carbonyl (C=O) groups excluding carboxylic acids is 3. The Labute approximate surface area is 192 Å². The first-order valence-corrected chi connectivity index (χ1v) is 11.2. The zero-order valence-corrected chi connectivity index (χ0v) is 19.1. The highest BCUT2D eigenvalue weighted by Gasteiger charge is 2.22. The Kier molecular flexibility index (Phi) is 10.4. The van der Waals surface area contributed by atoms with Gasteiger partial charge in [-0.2, -0.15) is 0 Å². The summed E-state index contributed by atoms with van der Waals surface area (Å²) in [6.45, 7) is 2.43. The molecule has 1 aliphatic carbocycles. The summed E-state index contributed by atoms with van der Waals surface area (Å²) in [4.78, 5) is 37.9. The number of hydroxylamine groups is 1. The predicted molar refractivity (Wildman–Crippen MR) is 120 cm³/mol. The maximum atomic E-state index is 12.7. The van der Waals surface area contributed by atoms with Gasteiger partial charge in [-0.3, -0.25) is 14.8 Å². The number of nitrogens with zero attached hydrogens (tertiary/aromatic N) is 1. The van der Waals surface area contributed by atoms with Crippen LogP contribution in [0.2, 0.25) is 10.0 Å². The van der Waals surface area contributed by atoms with Crippen molar-refractivity contribution in [2.24, 2.45) is 11.8 Å². The van der Waals surface area contributed by atoms with E-state index >= 15 is 0 Å². The fourth-order valence-corrected chi connectivity index (χ4v) is 3.95. The fraction of sp³-hybridized carbons (Fsp3) is 0.571. The monoisotopic (exact) mass is 472 g/mol. The predicted octanol–water partition coefficient (Wildman–Crippen LogP) is 4.06. The molecule has 172 valence electrons. The summed E-state index contributed by atoms with van der Waals surface area (Å²) in [6, 6.07) is 4.35. The van der Waals surface area contributed by atoms with Crippen molar-refractivity contribution in [1.29, 1.82) is 0 Å². The molecule has 0 aromatic heterocycles. The maximum absolute atomic E-state index is 12.7. The van der Waals surface area contributed by atoms with E-state index in [9.17, 15) is 14.4 Å². The van der Waals surface area contributed by atoms with Gasteiger partial charge in [-0.1, -0.05) is 55.8 Å². The van der Waals surface area contributed by atoms with Crippen molar-refractivity contribution >= 4 is 46.7 Å². The van der Waals surface area contributed by atoms with E-state index in [-0.39, 0.29) is 31.3 Å². The number of rotatable bonds is 10. The Balaban J connectivity index is 1.80. The van der Waals surface area contributed by atoms with Gasteiger partial charge >= 0.3 is 6.03 Å². The Hall–Kier alpha value is -2.03. The van der Waals surface area contributed by atoms with Crippen LogP contribution in [-0.2, 0) is 9.59 Å². The van der Waals surface area contributed by atoms with Gasteiger partial charge in [0.2, 0.25) is 5.91 Å². The van der Waals surface area contributed by atoms with Crippen LogP contribution in [0.25, 0.3) is 0 Å². The van der Waals surface area contributed by atoms with E-state index in [2.05, 4.69) is 10.6 Å². The van der Waals surface area contributed by atoms with Crippen molar-refractivity contribution < 1.29 is 19.6 Å². The molecule has 4 N–H and O–H groups in total. The van der Waals surface area contributed by atoms with Gasteiger partial charge in [0.05, 0.1) is 10.0 Å². The van der Waals surface area contributed by atoms with Crippen LogP contribution in [0.1, 0.15) is 45.4 Å². The molecule has 1 aromatic carbocycles. The number of urea groups is 1. The highest BCUT2D eigenvalue weighted by atomic mass is 35.5. The molecule has 1 atom stereocenters. The van der Waals surface area contributed by atoms with Gasteiger partial charge in [0.1, 0.15) is 6.54 Å². The third-order valence-corrected chi connectivity index (χ3v) is 6.14. The highest BCUT2D eigenvalue weighted by Crippen LogP contribution is 2.28. The Morgan fingerprint density at radius 3 is 2.55 bits per heavy atom. The smallest absolute Gasteiger partial charge is 0.319 e. The molecule has 0 heterocycles. The van der Waals surface area contributed by atoms with Crippen LogP contribution in [0.4, 0.5) is 10.5 Å². The molecule has 8 nitrogen and oxygen atoms in total. The molecule has 10 heteroatoms. The summed E-state index contributed by atoms with van der Waals surface area (Å²) < 4.78 is 0. The van der Waals surface area contributed by atoms with E-state index in [0.717, 1.165) is 19.3 Å². The minimum Gasteiger partial charge on any atom is -0.338 e. The van der Waals surface area contributed by atoms with Crippen LogP contribution in [0.3, 0.4) is 0 Å². The van der Waals surface area contributed by atoms with Crippen molar-refractivity contribution in [2.75, 3.05) is 25.0 Å². The number of amides is 4. The second-order valence-electron chi connectivity index (χ2n) is 8.06. The first-order valence-electron chi connectivity index (χ1n) is 10.5. The zero-order chi connectivity index (χ0) is 22.8. The molecule has 0 radical (unpaired) electrons. The number of hydrogen-bond acceptors (Lipinski definition) is 4. The van der Waals surface area contributed by atoms with Crippen molar-refractivity contribution in [3.05, 3.63) is 28.2 Å². The van der Waals surface area contributed by atoms with E-state index < -0.39 is 11.9 Å². The second-order valence-corrected chi connectivity index (χ2v) is 8.88. The van der Waals surface area contributed by atoms with Crippen LogP contribution in [0.5, 0.6) is 0 Å². The average molecular weight is 473 g/mol. The lowest BCUT2D eigenvalue weighted by atomic mass is 10.0. The molecule has 1 saturated carbocycles. The standard InChI is InChI=1S/C21H30Cl2N4O4/c1-14(12-24-21(30)25-16-6-7-17(22)18(23)11-16)10-20(29)27(13-19(28)26-31)9-8-15-4-2-3-5-15/h6-7,11,14-15,31H,2-5,8-10,12-13H2,1H3,(H,26,28)(H2,24,25,30). The minimum absolute atomic E-state index is 0.141. The molecule has 1 aromatic rings. The SMILES string of the molecule is CC(CNC(=O)Nc1ccc(Cl)c(Cl)c1)CC(=O)N(CCC1CCCC1)CC(=O)NO. The third kappa shape index (κ3) is 8.93. The quantitative estimate of drug-likeness (QED) is 0.304. The summed E-state index contributed by atoms with van der Waals surface area (Å²) in [5, 5.41) is 14.9. The lowest BCUT2D eigenvalue weighted by molar-refractivity contribution is -0.140. The van der Waals surface area contributed by atoms with Crippen molar-refractivity contribution in [3.63, 3.8) is 0 Å². The normalized spacial score (nSPS) is 14.7. The van der Waals surface area contributed by atoms with E-state index in [1.807, 2.05) is 6.92 Å². The fourth-order valence-electron chi connectivity index (χ4n) is 3.65. The molecular weight excluding hydrogens is 443 g/mol. The first-order chi connectivity index (χ1) is 14.8. The summed E-state index contributed by atoms with van der Waals surface area (Å²) in [6.07, 6.45) is 5.76. The second kappa shape index (κ2) is 12.7. The number of nitrogens with one attached hydrogen (secondary N) is 3. The van der Waals surface area contributed by atoms with Gasteiger partial charge in [-0.05, 0) is 36.5 Å². The van der Waals surface area contributed by atoms with Gasteiger partial charge in [0, 0.05) is 25.2 Å². The van der Waals surface area contributed by atoms with E-state index in [4.69, 9.17) is 28.4 Å².